The zero-order valence-electron chi connectivity index (χ0n) is 9.98. The fraction of sp³-hybridized carbons (Fsp3) is 0.0833. The Bertz CT molecular complexity index is 718. The normalized spacial score (nSPS) is 10.8. The van der Waals surface area contributed by atoms with Gasteiger partial charge in [0.05, 0.1) is 11.3 Å². The van der Waals surface area contributed by atoms with Gasteiger partial charge < -0.3 is 9.63 Å². The lowest BCUT2D eigenvalue weighted by molar-refractivity contribution is 0.0702. The van der Waals surface area contributed by atoms with Crippen LogP contribution in [0.5, 0.6) is 0 Å². The monoisotopic (exact) mass is 324 g/mol. The molecule has 0 saturated heterocycles. The van der Waals surface area contributed by atoms with Crippen LogP contribution in [0.15, 0.2) is 37.7 Å². The minimum absolute atomic E-state index is 0.333. The summed E-state index contributed by atoms with van der Waals surface area (Å²) in [6.45, 7) is 0. The Morgan fingerprint density at radius 1 is 1.45 bits per heavy atom. The highest BCUT2D eigenvalue weighted by Crippen LogP contribution is 2.28. The molecule has 3 heterocycles. The molecule has 8 heteroatoms. The van der Waals surface area contributed by atoms with E-state index in [1.54, 1.807) is 17.4 Å². The van der Waals surface area contributed by atoms with E-state index >= 15 is 0 Å². The molecule has 0 aromatic carbocycles. The first-order valence-electron chi connectivity index (χ1n) is 5.52. The van der Waals surface area contributed by atoms with Gasteiger partial charge in [0.1, 0.15) is 4.88 Å². The van der Waals surface area contributed by atoms with Gasteiger partial charge in [-0.3, -0.25) is 0 Å². The number of carboxylic acid groups (broad SMARTS) is 1. The van der Waals surface area contributed by atoms with Crippen molar-refractivity contribution in [2.75, 3.05) is 0 Å². The van der Waals surface area contributed by atoms with Crippen LogP contribution in [-0.4, -0.2) is 21.2 Å². The Hall–Kier alpha value is -1.64. The molecule has 0 aliphatic rings. The maximum absolute atomic E-state index is 10.8. The molecule has 0 aliphatic heterocycles. The highest BCUT2D eigenvalue weighted by molar-refractivity contribution is 7.98. The maximum atomic E-state index is 10.8. The maximum Gasteiger partial charge on any atom is 0.345 e. The highest BCUT2D eigenvalue weighted by Gasteiger charge is 2.11. The van der Waals surface area contributed by atoms with Crippen LogP contribution in [0, 0.1) is 0 Å². The summed E-state index contributed by atoms with van der Waals surface area (Å²) in [5, 5.41) is 18.5. The van der Waals surface area contributed by atoms with E-state index in [0.717, 1.165) is 10.5 Å². The van der Waals surface area contributed by atoms with Gasteiger partial charge in [0.15, 0.2) is 5.82 Å². The van der Waals surface area contributed by atoms with Crippen molar-refractivity contribution < 1.29 is 14.4 Å². The van der Waals surface area contributed by atoms with Crippen LogP contribution >= 0.6 is 34.4 Å². The van der Waals surface area contributed by atoms with Crippen molar-refractivity contribution in [3.8, 4) is 11.5 Å². The minimum atomic E-state index is -0.902. The third kappa shape index (κ3) is 2.92. The summed E-state index contributed by atoms with van der Waals surface area (Å²) in [5.41, 5.74) is 0.919. The average molecular weight is 324 g/mol. The number of aromatic carboxylic acids is 1. The van der Waals surface area contributed by atoms with Crippen LogP contribution in [0.25, 0.3) is 11.5 Å². The average Bonchev–Trinajstić information content (AvgIpc) is 3.17. The number of hydrogen-bond acceptors (Lipinski definition) is 7. The minimum Gasteiger partial charge on any atom is -0.477 e. The van der Waals surface area contributed by atoms with E-state index in [9.17, 15) is 4.79 Å². The molecule has 5 nitrogen and oxygen atoms in total. The van der Waals surface area contributed by atoms with Crippen LogP contribution in [0.1, 0.15) is 15.5 Å². The van der Waals surface area contributed by atoms with E-state index in [2.05, 4.69) is 10.1 Å². The van der Waals surface area contributed by atoms with Gasteiger partial charge in [-0.1, -0.05) is 5.16 Å². The van der Waals surface area contributed by atoms with E-state index in [1.807, 2.05) is 22.2 Å². The zero-order chi connectivity index (χ0) is 13.9. The van der Waals surface area contributed by atoms with Crippen molar-refractivity contribution in [1.29, 1.82) is 0 Å². The lowest BCUT2D eigenvalue weighted by Crippen LogP contribution is -1.89. The van der Waals surface area contributed by atoms with Crippen molar-refractivity contribution in [1.82, 2.24) is 10.1 Å². The lowest BCUT2D eigenvalue weighted by Gasteiger charge is -1.91. The van der Waals surface area contributed by atoms with Gasteiger partial charge in [0, 0.05) is 15.7 Å². The number of carbonyl (C=O) groups is 1. The first-order valence-corrected chi connectivity index (χ1v) is 8.33. The van der Waals surface area contributed by atoms with E-state index in [4.69, 9.17) is 9.63 Å². The predicted molar refractivity (Wildman–Crippen MR) is 78.5 cm³/mol. The Morgan fingerprint density at radius 2 is 2.35 bits per heavy atom. The smallest absolute Gasteiger partial charge is 0.345 e. The molecule has 3 aromatic heterocycles. The van der Waals surface area contributed by atoms with E-state index in [1.165, 1.54) is 23.1 Å². The van der Waals surface area contributed by atoms with Crippen molar-refractivity contribution >= 4 is 40.4 Å². The molecule has 0 bridgehead atoms. The zero-order valence-corrected chi connectivity index (χ0v) is 12.4. The SMILES string of the molecule is O=C(O)c1cc(SCc2noc(-c3ccsc3)n2)cs1. The van der Waals surface area contributed by atoms with Crippen molar-refractivity contribution in [3.05, 3.63) is 39.0 Å². The molecule has 0 aliphatic carbocycles. The molecule has 0 saturated carbocycles. The third-order valence-corrected chi connectivity index (χ3v) is 5.11. The Morgan fingerprint density at radius 3 is 3.05 bits per heavy atom. The van der Waals surface area contributed by atoms with Gasteiger partial charge in [-0.25, -0.2) is 4.79 Å². The molecule has 0 unspecified atom stereocenters. The first-order chi connectivity index (χ1) is 9.72. The van der Waals surface area contributed by atoms with Gasteiger partial charge in [-0.15, -0.1) is 23.1 Å². The lowest BCUT2D eigenvalue weighted by atomic mass is 10.3. The summed E-state index contributed by atoms with van der Waals surface area (Å²) in [6, 6.07) is 3.57. The van der Waals surface area contributed by atoms with Gasteiger partial charge in [0.25, 0.3) is 5.89 Å². The third-order valence-electron chi connectivity index (χ3n) is 2.39. The molecule has 3 rings (SSSR count). The Balaban J connectivity index is 1.65. The van der Waals surface area contributed by atoms with E-state index in [-0.39, 0.29) is 0 Å². The van der Waals surface area contributed by atoms with Crippen LogP contribution in [0.3, 0.4) is 0 Å². The van der Waals surface area contributed by atoms with Gasteiger partial charge in [-0.2, -0.15) is 16.3 Å². The Kier molecular flexibility index (Phi) is 3.86. The molecule has 0 radical (unpaired) electrons. The molecular formula is C12H8N2O3S3. The Labute approximate surface area is 126 Å². The molecule has 0 amide bonds. The van der Waals surface area contributed by atoms with Crippen LogP contribution < -0.4 is 0 Å². The predicted octanol–water partition coefficient (Wildman–Crippen LogP) is 3.85. The molecule has 0 atom stereocenters. The van der Waals surface area contributed by atoms with Gasteiger partial charge in [-0.05, 0) is 17.5 Å². The molecule has 20 heavy (non-hydrogen) atoms. The summed E-state index contributed by atoms with van der Waals surface area (Å²) in [7, 11) is 0. The fourth-order valence-electron chi connectivity index (χ4n) is 1.47. The number of thiophene rings is 2. The van der Waals surface area contributed by atoms with Gasteiger partial charge >= 0.3 is 5.97 Å². The number of carboxylic acids is 1. The van der Waals surface area contributed by atoms with Crippen LogP contribution in [0.2, 0.25) is 0 Å². The molecule has 0 spiro atoms. The number of thioether (sulfide) groups is 1. The van der Waals surface area contributed by atoms with E-state index in [0.29, 0.717) is 22.3 Å². The summed E-state index contributed by atoms with van der Waals surface area (Å²) in [5.74, 6) is 0.752. The summed E-state index contributed by atoms with van der Waals surface area (Å²) >= 11 is 4.27. The van der Waals surface area contributed by atoms with Crippen LogP contribution in [-0.2, 0) is 5.75 Å². The highest BCUT2D eigenvalue weighted by atomic mass is 32.2. The second-order valence-electron chi connectivity index (χ2n) is 3.77. The molecule has 3 aromatic rings. The number of aromatic nitrogens is 2. The first kappa shape index (κ1) is 13.3. The summed E-state index contributed by atoms with van der Waals surface area (Å²) < 4.78 is 5.18. The van der Waals surface area contributed by atoms with E-state index < -0.39 is 5.97 Å². The van der Waals surface area contributed by atoms with Crippen molar-refractivity contribution in [2.45, 2.75) is 10.6 Å². The largest absolute Gasteiger partial charge is 0.477 e. The molecule has 1 N–H and O–H groups in total. The number of hydrogen-bond donors (Lipinski definition) is 1. The summed E-state index contributed by atoms with van der Waals surface area (Å²) in [6.07, 6.45) is 0. The molecular weight excluding hydrogens is 316 g/mol. The standard InChI is InChI=1S/C12H8N2O3S3/c15-12(16)9-3-8(5-20-9)19-6-10-13-11(17-14-10)7-1-2-18-4-7/h1-5H,6H2,(H,15,16). The van der Waals surface area contributed by atoms with Crippen LogP contribution in [0.4, 0.5) is 0 Å². The molecule has 102 valence electrons. The number of rotatable bonds is 5. The second-order valence-corrected chi connectivity index (χ2v) is 6.51. The quantitative estimate of drug-likeness (QED) is 0.718. The fourth-order valence-corrected chi connectivity index (χ4v) is 3.81. The van der Waals surface area contributed by atoms with Crippen molar-refractivity contribution in [2.24, 2.45) is 0 Å². The topological polar surface area (TPSA) is 76.2 Å². The number of nitrogens with zero attached hydrogens (tertiary/aromatic N) is 2. The van der Waals surface area contributed by atoms with Gasteiger partial charge in [0.2, 0.25) is 0 Å². The summed E-state index contributed by atoms with van der Waals surface area (Å²) in [4.78, 5) is 16.3. The second kappa shape index (κ2) is 5.78. The molecule has 0 fully saturated rings. The van der Waals surface area contributed by atoms with Crippen molar-refractivity contribution in [3.63, 3.8) is 0 Å².